The van der Waals surface area contributed by atoms with Crippen molar-refractivity contribution >= 4 is 65.2 Å². The molecule has 6 nitrogen and oxygen atoms in total. The maximum absolute atomic E-state index is 5.40. The van der Waals surface area contributed by atoms with Crippen LogP contribution in [-0.4, -0.2) is 29.1 Å². The van der Waals surface area contributed by atoms with E-state index in [0.717, 1.165) is 93.4 Å². The van der Waals surface area contributed by atoms with Gasteiger partial charge in [-0.05, 0) is 58.7 Å². The molecule has 0 aliphatic rings. The number of thiazole rings is 1. The molecule has 13 rings (SSSR count). The molecule has 0 N–H and O–H groups in total. The topological polar surface area (TPSA) is 61.4 Å². The first-order valence-corrected chi connectivity index (χ1v) is 22.5. The van der Waals surface area contributed by atoms with Crippen molar-refractivity contribution in [3.8, 4) is 67.2 Å². The predicted molar refractivity (Wildman–Crippen MR) is 269 cm³/mol. The van der Waals surface area contributed by atoms with Crippen LogP contribution in [0.4, 0.5) is 0 Å². The molecule has 0 aliphatic heterocycles. The Balaban J connectivity index is 1.07. The summed E-state index contributed by atoms with van der Waals surface area (Å²) in [7, 11) is 0. The Labute approximate surface area is 378 Å². The van der Waals surface area contributed by atoms with Crippen molar-refractivity contribution in [3.63, 3.8) is 0 Å². The highest BCUT2D eigenvalue weighted by atomic mass is 32.1. The minimum absolute atomic E-state index is 0.544. The predicted octanol–water partition coefficient (Wildman–Crippen LogP) is 15.0. The maximum atomic E-state index is 5.40. The van der Waals surface area contributed by atoms with E-state index in [4.69, 9.17) is 19.9 Å². The zero-order chi connectivity index (χ0) is 42.8. The van der Waals surface area contributed by atoms with Crippen LogP contribution in [0.1, 0.15) is 0 Å². The molecule has 0 atom stereocenters. The average molecular weight is 849 g/mol. The standard InChI is InChI=1S/C58H36N6S/c1-3-14-37(15-4-1)39-26-30-41(31-27-39)55-60-56(42-32-28-40(29-33-42)38-16-5-2-6-17-38)62-58(61-55)64-51-24-11-8-21-46(51)48-35-34-47-45-20-7-10-23-50(45)63(53(47)54(48)64)44-19-13-18-43(36-44)57-59-49-22-9-12-25-52(49)65-57/h1-36H. The van der Waals surface area contributed by atoms with E-state index in [2.05, 4.69) is 209 Å². The summed E-state index contributed by atoms with van der Waals surface area (Å²) in [5.74, 6) is 1.74. The Hall–Kier alpha value is -8.52. The van der Waals surface area contributed by atoms with Crippen LogP contribution in [-0.2, 0) is 0 Å². The molecule has 304 valence electrons. The van der Waals surface area contributed by atoms with Crippen LogP contribution in [0.3, 0.4) is 0 Å². The molecule has 13 aromatic rings. The van der Waals surface area contributed by atoms with Crippen molar-refractivity contribution in [2.45, 2.75) is 0 Å². The van der Waals surface area contributed by atoms with Crippen LogP contribution in [0.5, 0.6) is 0 Å². The first-order chi connectivity index (χ1) is 32.2. The molecule has 4 heterocycles. The lowest BCUT2D eigenvalue weighted by Crippen LogP contribution is -2.07. The zero-order valence-electron chi connectivity index (χ0n) is 34.9. The van der Waals surface area contributed by atoms with E-state index in [1.54, 1.807) is 11.3 Å². The van der Waals surface area contributed by atoms with Gasteiger partial charge >= 0.3 is 0 Å². The molecule has 0 radical (unpaired) electrons. The number of aromatic nitrogens is 6. The lowest BCUT2D eigenvalue weighted by molar-refractivity contribution is 0.953. The Morgan fingerprint density at radius 2 is 0.800 bits per heavy atom. The van der Waals surface area contributed by atoms with Gasteiger partial charge in [0.2, 0.25) is 5.95 Å². The Bertz CT molecular complexity index is 3790. The summed E-state index contributed by atoms with van der Waals surface area (Å²) in [6.07, 6.45) is 0. The van der Waals surface area contributed by atoms with E-state index >= 15 is 0 Å². The SMILES string of the molecule is c1ccc(-c2ccc(-c3nc(-c4ccc(-c5ccccc5)cc4)nc(-n4c5ccccc5c5ccc6c7ccccc7n(-c7cccc(-c8nc9ccccc9s8)c7)c6c54)n3)cc2)cc1. The summed E-state index contributed by atoms with van der Waals surface area (Å²) in [6.45, 7) is 0. The highest BCUT2D eigenvalue weighted by Gasteiger charge is 2.24. The largest absolute Gasteiger partial charge is 0.307 e. The van der Waals surface area contributed by atoms with E-state index in [1.165, 1.54) is 10.1 Å². The van der Waals surface area contributed by atoms with E-state index < -0.39 is 0 Å². The molecule has 7 heteroatoms. The van der Waals surface area contributed by atoms with Gasteiger partial charge in [0.15, 0.2) is 11.6 Å². The summed E-state index contributed by atoms with van der Waals surface area (Å²) >= 11 is 1.72. The van der Waals surface area contributed by atoms with Gasteiger partial charge in [-0.1, -0.05) is 182 Å². The van der Waals surface area contributed by atoms with Crippen LogP contribution in [0, 0.1) is 0 Å². The number of hydrogen-bond acceptors (Lipinski definition) is 5. The molecule has 0 amide bonds. The Morgan fingerprint density at radius 1 is 0.323 bits per heavy atom. The molecule has 4 aromatic heterocycles. The number of benzene rings is 9. The Kier molecular flexibility index (Phi) is 8.60. The van der Waals surface area contributed by atoms with Gasteiger partial charge in [-0.2, -0.15) is 9.97 Å². The number of para-hydroxylation sites is 3. The second-order valence-electron chi connectivity index (χ2n) is 16.3. The zero-order valence-corrected chi connectivity index (χ0v) is 35.7. The van der Waals surface area contributed by atoms with Crippen molar-refractivity contribution in [2.75, 3.05) is 0 Å². The van der Waals surface area contributed by atoms with E-state index in [1.807, 2.05) is 18.2 Å². The summed E-state index contributed by atoms with van der Waals surface area (Å²) in [4.78, 5) is 21.1. The van der Waals surface area contributed by atoms with Crippen molar-refractivity contribution in [3.05, 3.63) is 218 Å². The van der Waals surface area contributed by atoms with Gasteiger partial charge in [0, 0.05) is 43.9 Å². The fourth-order valence-electron chi connectivity index (χ4n) is 9.36. The van der Waals surface area contributed by atoms with Gasteiger partial charge in [0.05, 0.1) is 32.3 Å². The highest BCUT2D eigenvalue weighted by molar-refractivity contribution is 7.21. The van der Waals surface area contributed by atoms with Gasteiger partial charge in [0.25, 0.3) is 0 Å². The number of rotatable bonds is 7. The number of fused-ring (bicyclic) bond motifs is 8. The minimum atomic E-state index is 0.544. The third-order valence-electron chi connectivity index (χ3n) is 12.4. The van der Waals surface area contributed by atoms with Gasteiger partial charge in [-0.15, -0.1) is 11.3 Å². The average Bonchev–Trinajstić information content (AvgIpc) is 4.08. The Morgan fingerprint density at radius 3 is 1.40 bits per heavy atom. The van der Waals surface area contributed by atoms with Crippen molar-refractivity contribution < 1.29 is 0 Å². The van der Waals surface area contributed by atoms with Crippen molar-refractivity contribution in [1.82, 2.24) is 29.1 Å². The quantitative estimate of drug-likeness (QED) is 0.160. The third-order valence-corrected chi connectivity index (χ3v) is 13.5. The first kappa shape index (κ1) is 37.1. The molecule has 0 unspecified atom stereocenters. The minimum Gasteiger partial charge on any atom is -0.307 e. The molecule has 0 saturated carbocycles. The molecular weight excluding hydrogens is 813 g/mol. The molecular formula is C58H36N6S. The van der Waals surface area contributed by atoms with Gasteiger partial charge in [0.1, 0.15) is 5.01 Å². The number of hydrogen-bond donors (Lipinski definition) is 0. The molecule has 0 spiro atoms. The fraction of sp³-hybridized carbons (Fsp3) is 0. The molecule has 0 aliphatic carbocycles. The van der Waals surface area contributed by atoms with Crippen LogP contribution >= 0.6 is 11.3 Å². The van der Waals surface area contributed by atoms with Gasteiger partial charge < -0.3 is 4.57 Å². The van der Waals surface area contributed by atoms with E-state index in [9.17, 15) is 0 Å². The lowest BCUT2D eigenvalue weighted by atomic mass is 10.0. The molecule has 0 fully saturated rings. The third kappa shape index (κ3) is 6.24. The van der Waals surface area contributed by atoms with Gasteiger partial charge in [-0.3, -0.25) is 4.57 Å². The van der Waals surface area contributed by atoms with E-state index in [0.29, 0.717) is 17.6 Å². The summed E-state index contributed by atoms with van der Waals surface area (Å²) in [5, 5.41) is 5.53. The second-order valence-corrected chi connectivity index (χ2v) is 17.3. The monoisotopic (exact) mass is 848 g/mol. The van der Waals surface area contributed by atoms with Crippen LogP contribution in [0.15, 0.2) is 218 Å². The smallest absolute Gasteiger partial charge is 0.238 e. The fourth-order valence-corrected chi connectivity index (χ4v) is 10.3. The summed E-state index contributed by atoms with van der Waals surface area (Å²) in [5.41, 5.74) is 13.7. The van der Waals surface area contributed by atoms with Gasteiger partial charge in [-0.25, -0.2) is 9.97 Å². The molecule has 9 aromatic carbocycles. The van der Waals surface area contributed by atoms with Crippen LogP contribution in [0.25, 0.3) is 121 Å². The maximum Gasteiger partial charge on any atom is 0.238 e. The highest BCUT2D eigenvalue weighted by Crippen LogP contribution is 2.42. The normalized spacial score (nSPS) is 11.7. The first-order valence-electron chi connectivity index (χ1n) is 21.7. The van der Waals surface area contributed by atoms with Crippen molar-refractivity contribution in [2.24, 2.45) is 0 Å². The number of nitrogens with zero attached hydrogens (tertiary/aromatic N) is 6. The second kappa shape index (κ2) is 15.1. The van der Waals surface area contributed by atoms with E-state index in [-0.39, 0.29) is 0 Å². The molecule has 0 bridgehead atoms. The van der Waals surface area contributed by atoms with Crippen molar-refractivity contribution in [1.29, 1.82) is 0 Å². The van der Waals surface area contributed by atoms with Crippen LogP contribution in [0.2, 0.25) is 0 Å². The summed E-state index contributed by atoms with van der Waals surface area (Å²) < 4.78 is 5.84. The van der Waals surface area contributed by atoms with Crippen LogP contribution < -0.4 is 0 Å². The lowest BCUT2D eigenvalue weighted by Gasteiger charge is -2.14. The molecule has 0 saturated heterocycles. The summed E-state index contributed by atoms with van der Waals surface area (Å²) in [6, 6.07) is 76.9. The molecule has 65 heavy (non-hydrogen) atoms.